The van der Waals surface area contributed by atoms with E-state index in [0.29, 0.717) is 19.5 Å². The van der Waals surface area contributed by atoms with Crippen molar-refractivity contribution in [3.63, 3.8) is 0 Å². The van der Waals surface area contributed by atoms with Crippen LogP contribution < -0.4 is 0 Å². The van der Waals surface area contributed by atoms with Crippen LogP contribution in [0.5, 0.6) is 0 Å². The Morgan fingerprint density at radius 1 is 1.05 bits per heavy atom. The summed E-state index contributed by atoms with van der Waals surface area (Å²) in [5.41, 5.74) is 0.926. The van der Waals surface area contributed by atoms with Gasteiger partial charge in [-0.15, -0.1) is 0 Å². The van der Waals surface area contributed by atoms with Gasteiger partial charge in [-0.1, -0.05) is 30.3 Å². The molecule has 20 heavy (non-hydrogen) atoms. The summed E-state index contributed by atoms with van der Waals surface area (Å²) in [6.45, 7) is 0.386. The summed E-state index contributed by atoms with van der Waals surface area (Å²) in [5.74, 6) is -0.0251. The van der Waals surface area contributed by atoms with Gasteiger partial charge in [0.25, 0.3) is 0 Å². The summed E-state index contributed by atoms with van der Waals surface area (Å²) >= 11 is 0. The van der Waals surface area contributed by atoms with E-state index in [2.05, 4.69) is 0 Å². The molecule has 0 aliphatic carbocycles. The van der Waals surface area contributed by atoms with E-state index in [-0.39, 0.29) is 19.0 Å². The smallest absolute Gasteiger partial charge is 0.340 e. The molecule has 0 N–H and O–H groups in total. The highest BCUT2D eigenvalue weighted by Crippen LogP contribution is 2.17. The SMILES string of the molecule is O=C(Cc1ccccc1)N1CCN(CC(F)(F)F)CC1. The topological polar surface area (TPSA) is 23.6 Å². The number of alkyl halides is 3. The minimum atomic E-state index is -4.17. The third-order valence-electron chi connectivity index (χ3n) is 3.33. The van der Waals surface area contributed by atoms with E-state index < -0.39 is 12.7 Å². The summed E-state index contributed by atoms with van der Waals surface area (Å²) in [6.07, 6.45) is -3.86. The fourth-order valence-electron chi connectivity index (χ4n) is 2.29. The second kappa shape index (κ2) is 6.26. The van der Waals surface area contributed by atoms with E-state index in [1.165, 1.54) is 4.90 Å². The number of carbonyl (C=O) groups is 1. The summed E-state index contributed by atoms with van der Waals surface area (Å²) in [7, 11) is 0. The average molecular weight is 286 g/mol. The van der Waals surface area contributed by atoms with Gasteiger partial charge in [-0.25, -0.2) is 0 Å². The van der Waals surface area contributed by atoms with E-state index in [1.807, 2.05) is 30.3 Å². The zero-order valence-corrected chi connectivity index (χ0v) is 11.1. The molecule has 0 unspecified atom stereocenters. The van der Waals surface area contributed by atoms with Crippen molar-refractivity contribution in [2.24, 2.45) is 0 Å². The summed E-state index contributed by atoms with van der Waals surface area (Å²) in [4.78, 5) is 15.0. The molecule has 1 saturated heterocycles. The second-order valence-electron chi connectivity index (χ2n) is 4.93. The molecule has 1 fully saturated rings. The third-order valence-corrected chi connectivity index (χ3v) is 3.33. The molecule has 110 valence electrons. The first-order valence-electron chi connectivity index (χ1n) is 6.55. The monoisotopic (exact) mass is 286 g/mol. The van der Waals surface area contributed by atoms with Crippen molar-refractivity contribution in [3.05, 3.63) is 35.9 Å². The van der Waals surface area contributed by atoms with Gasteiger partial charge in [-0.3, -0.25) is 9.69 Å². The lowest BCUT2D eigenvalue weighted by Crippen LogP contribution is -2.51. The van der Waals surface area contributed by atoms with Crippen molar-refractivity contribution in [1.29, 1.82) is 0 Å². The quantitative estimate of drug-likeness (QED) is 0.848. The lowest BCUT2D eigenvalue weighted by atomic mass is 10.1. The van der Waals surface area contributed by atoms with Crippen LogP contribution in [-0.2, 0) is 11.2 Å². The van der Waals surface area contributed by atoms with E-state index in [9.17, 15) is 18.0 Å². The van der Waals surface area contributed by atoms with Gasteiger partial charge in [0.15, 0.2) is 0 Å². The van der Waals surface area contributed by atoms with Gasteiger partial charge >= 0.3 is 6.18 Å². The maximum Gasteiger partial charge on any atom is 0.401 e. The Balaban J connectivity index is 1.80. The molecule has 1 aromatic carbocycles. The maximum absolute atomic E-state index is 12.3. The Bertz CT molecular complexity index is 439. The molecule has 0 radical (unpaired) electrons. The van der Waals surface area contributed by atoms with Crippen molar-refractivity contribution >= 4 is 5.91 Å². The van der Waals surface area contributed by atoms with Crippen molar-refractivity contribution < 1.29 is 18.0 Å². The highest BCUT2D eigenvalue weighted by molar-refractivity contribution is 5.78. The minimum Gasteiger partial charge on any atom is -0.340 e. The largest absolute Gasteiger partial charge is 0.401 e. The van der Waals surface area contributed by atoms with Gasteiger partial charge in [-0.05, 0) is 5.56 Å². The molecule has 1 aliphatic heterocycles. The average Bonchev–Trinajstić information content (AvgIpc) is 2.39. The molecule has 3 nitrogen and oxygen atoms in total. The Kier molecular flexibility index (Phi) is 4.65. The maximum atomic E-state index is 12.3. The molecule has 0 aromatic heterocycles. The van der Waals surface area contributed by atoms with Gasteiger partial charge < -0.3 is 4.90 Å². The molecule has 0 bridgehead atoms. The molecule has 2 rings (SSSR count). The van der Waals surface area contributed by atoms with E-state index in [4.69, 9.17) is 0 Å². The molecule has 0 saturated carbocycles. The zero-order chi connectivity index (χ0) is 14.6. The number of hydrogen-bond acceptors (Lipinski definition) is 2. The van der Waals surface area contributed by atoms with Gasteiger partial charge in [0, 0.05) is 26.2 Å². The number of carbonyl (C=O) groups excluding carboxylic acids is 1. The van der Waals surface area contributed by atoms with Crippen molar-refractivity contribution in [1.82, 2.24) is 9.80 Å². The summed E-state index contributed by atoms with van der Waals surface area (Å²) in [6, 6.07) is 9.35. The number of piperazine rings is 1. The standard InChI is InChI=1S/C14H17F3N2O/c15-14(16,17)11-18-6-8-19(9-7-18)13(20)10-12-4-2-1-3-5-12/h1-5H,6-11H2. The Labute approximate surface area is 116 Å². The van der Waals surface area contributed by atoms with Crippen molar-refractivity contribution in [2.75, 3.05) is 32.7 Å². The van der Waals surface area contributed by atoms with Crippen molar-refractivity contribution in [3.8, 4) is 0 Å². The second-order valence-corrected chi connectivity index (χ2v) is 4.93. The summed E-state index contributed by atoms with van der Waals surface area (Å²) < 4.78 is 36.8. The minimum absolute atomic E-state index is 0.0251. The highest BCUT2D eigenvalue weighted by atomic mass is 19.4. The molecule has 1 aromatic rings. The Morgan fingerprint density at radius 3 is 2.20 bits per heavy atom. The fourth-order valence-corrected chi connectivity index (χ4v) is 2.29. The normalized spacial score (nSPS) is 17.2. The highest BCUT2D eigenvalue weighted by Gasteiger charge is 2.32. The van der Waals surface area contributed by atoms with Crippen LogP contribution in [-0.4, -0.2) is 54.6 Å². The first kappa shape index (κ1) is 14.8. The molecule has 1 aliphatic rings. The van der Waals surface area contributed by atoms with Crippen LogP contribution in [0.4, 0.5) is 13.2 Å². The van der Waals surface area contributed by atoms with Crippen LogP contribution in [0.2, 0.25) is 0 Å². The van der Waals surface area contributed by atoms with E-state index in [0.717, 1.165) is 5.56 Å². The van der Waals surface area contributed by atoms with E-state index in [1.54, 1.807) is 4.90 Å². The molecule has 0 spiro atoms. The predicted octanol–water partition coefficient (Wildman–Crippen LogP) is 1.94. The fraction of sp³-hybridized carbons (Fsp3) is 0.500. The first-order chi connectivity index (χ1) is 9.44. The van der Waals surface area contributed by atoms with Gasteiger partial charge in [0.05, 0.1) is 13.0 Å². The Morgan fingerprint density at radius 2 is 1.65 bits per heavy atom. The number of benzene rings is 1. The predicted molar refractivity (Wildman–Crippen MR) is 69.2 cm³/mol. The van der Waals surface area contributed by atoms with Gasteiger partial charge in [-0.2, -0.15) is 13.2 Å². The zero-order valence-electron chi connectivity index (χ0n) is 11.1. The van der Waals surface area contributed by atoms with Crippen LogP contribution >= 0.6 is 0 Å². The van der Waals surface area contributed by atoms with Gasteiger partial charge in [0.2, 0.25) is 5.91 Å². The third kappa shape index (κ3) is 4.52. The van der Waals surface area contributed by atoms with Crippen LogP contribution in [0.3, 0.4) is 0 Å². The molecule has 6 heteroatoms. The lowest BCUT2D eigenvalue weighted by molar-refractivity contribution is -0.151. The number of rotatable bonds is 3. The van der Waals surface area contributed by atoms with Crippen LogP contribution in [0.1, 0.15) is 5.56 Å². The number of hydrogen-bond donors (Lipinski definition) is 0. The van der Waals surface area contributed by atoms with Crippen molar-refractivity contribution in [2.45, 2.75) is 12.6 Å². The number of halogens is 3. The number of amides is 1. The van der Waals surface area contributed by atoms with Crippen LogP contribution in [0.25, 0.3) is 0 Å². The van der Waals surface area contributed by atoms with Gasteiger partial charge in [0.1, 0.15) is 0 Å². The summed E-state index contributed by atoms with van der Waals surface area (Å²) in [5, 5.41) is 0. The number of nitrogens with zero attached hydrogens (tertiary/aromatic N) is 2. The molecule has 0 atom stereocenters. The van der Waals surface area contributed by atoms with Crippen LogP contribution in [0, 0.1) is 0 Å². The molecular formula is C14H17F3N2O. The first-order valence-corrected chi connectivity index (χ1v) is 6.55. The Hall–Kier alpha value is -1.56. The molecule has 1 amide bonds. The van der Waals surface area contributed by atoms with Crippen LogP contribution in [0.15, 0.2) is 30.3 Å². The lowest BCUT2D eigenvalue weighted by Gasteiger charge is -2.35. The molecule has 1 heterocycles. The van der Waals surface area contributed by atoms with E-state index >= 15 is 0 Å². The molecular weight excluding hydrogens is 269 g/mol.